The van der Waals surface area contributed by atoms with Gasteiger partial charge in [0.25, 0.3) is 5.91 Å². The van der Waals surface area contributed by atoms with Crippen molar-refractivity contribution >= 4 is 29.2 Å². The van der Waals surface area contributed by atoms with Gasteiger partial charge in [0.05, 0.1) is 31.0 Å². The van der Waals surface area contributed by atoms with Crippen LogP contribution in [0.2, 0.25) is 0 Å². The summed E-state index contributed by atoms with van der Waals surface area (Å²) in [7, 11) is 4.63. The fourth-order valence-corrected chi connectivity index (χ4v) is 2.64. The first kappa shape index (κ1) is 22.7. The van der Waals surface area contributed by atoms with Gasteiger partial charge in [-0.25, -0.2) is 4.79 Å². The Hall–Kier alpha value is -3.55. The zero-order valence-electron chi connectivity index (χ0n) is 17.8. The maximum atomic E-state index is 12.4. The Labute approximate surface area is 176 Å². The number of anilines is 2. The van der Waals surface area contributed by atoms with Crippen molar-refractivity contribution in [3.8, 4) is 5.75 Å². The van der Waals surface area contributed by atoms with Crippen LogP contribution in [0.4, 0.5) is 11.4 Å². The Morgan fingerprint density at radius 1 is 1.03 bits per heavy atom. The quantitative estimate of drug-likeness (QED) is 0.646. The molecule has 0 unspecified atom stereocenters. The van der Waals surface area contributed by atoms with E-state index in [2.05, 4.69) is 10.6 Å². The number of benzene rings is 2. The zero-order valence-corrected chi connectivity index (χ0v) is 17.8. The van der Waals surface area contributed by atoms with Crippen LogP contribution >= 0.6 is 0 Å². The molecule has 2 rings (SSSR count). The van der Waals surface area contributed by atoms with Crippen molar-refractivity contribution in [2.45, 2.75) is 20.0 Å². The summed E-state index contributed by atoms with van der Waals surface area (Å²) in [4.78, 5) is 37.8. The molecule has 0 aliphatic rings. The average molecular weight is 413 g/mol. The van der Waals surface area contributed by atoms with Crippen molar-refractivity contribution in [3.05, 3.63) is 53.6 Å². The molecule has 0 aromatic heterocycles. The van der Waals surface area contributed by atoms with Crippen LogP contribution in [0.25, 0.3) is 0 Å². The molecule has 0 bridgehead atoms. The summed E-state index contributed by atoms with van der Waals surface area (Å²) in [6, 6.07) is 11.5. The molecule has 0 fully saturated rings. The Morgan fingerprint density at radius 3 is 2.40 bits per heavy atom. The normalized spacial score (nSPS) is 10.3. The highest BCUT2D eigenvalue weighted by Gasteiger charge is 2.14. The molecule has 0 aliphatic carbocycles. The topological polar surface area (TPSA) is 97.0 Å². The molecule has 160 valence electrons. The molecule has 0 saturated heterocycles. The Bertz CT molecular complexity index is 925. The Balaban J connectivity index is 2.10. The van der Waals surface area contributed by atoms with E-state index in [9.17, 15) is 14.4 Å². The summed E-state index contributed by atoms with van der Waals surface area (Å²) in [5, 5.41) is 5.74. The van der Waals surface area contributed by atoms with Crippen molar-refractivity contribution in [1.29, 1.82) is 0 Å². The lowest BCUT2D eigenvalue weighted by Crippen LogP contribution is -2.24. The first-order chi connectivity index (χ1) is 14.2. The first-order valence-corrected chi connectivity index (χ1v) is 9.45. The summed E-state index contributed by atoms with van der Waals surface area (Å²) < 4.78 is 10.5. The van der Waals surface area contributed by atoms with Crippen molar-refractivity contribution in [2.75, 3.05) is 38.4 Å². The average Bonchev–Trinajstić information content (AvgIpc) is 2.71. The van der Waals surface area contributed by atoms with E-state index in [0.717, 1.165) is 0 Å². The monoisotopic (exact) mass is 413 g/mol. The summed E-state index contributed by atoms with van der Waals surface area (Å²) in [5.74, 6) is -0.437. The molecule has 0 saturated carbocycles. The van der Waals surface area contributed by atoms with Gasteiger partial charge in [0.1, 0.15) is 5.75 Å². The van der Waals surface area contributed by atoms with E-state index < -0.39 is 5.97 Å². The number of carbonyl (C=O) groups is 3. The van der Waals surface area contributed by atoms with Crippen molar-refractivity contribution in [3.63, 3.8) is 0 Å². The minimum absolute atomic E-state index is 0.0645. The van der Waals surface area contributed by atoms with Crippen LogP contribution in [0.1, 0.15) is 34.6 Å². The lowest BCUT2D eigenvalue weighted by Gasteiger charge is -2.16. The minimum Gasteiger partial charge on any atom is -0.489 e. The zero-order chi connectivity index (χ0) is 22.3. The lowest BCUT2D eigenvalue weighted by atomic mass is 10.1. The third kappa shape index (κ3) is 6.23. The summed E-state index contributed by atoms with van der Waals surface area (Å²) in [6.07, 6.45) is -0.0830. The molecular formula is C22H27N3O5. The van der Waals surface area contributed by atoms with Crippen molar-refractivity contribution < 1.29 is 23.9 Å². The third-order valence-corrected chi connectivity index (χ3v) is 4.00. The van der Waals surface area contributed by atoms with E-state index in [0.29, 0.717) is 28.3 Å². The van der Waals surface area contributed by atoms with Crippen LogP contribution in [0.3, 0.4) is 0 Å². The molecule has 30 heavy (non-hydrogen) atoms. The summed E-state index contributed by atoms with van der Waals surface area (Å²) >= 11 is 0. The number of rotatable bonds is 8. The van der Waals surface area contributed by atoms with E-state index >= 15 is 0 Å². The van der Waals surface area contributed by atoms with Gasteiger partial charge in [-0.15, -0.1) is 0 Å². The van der Waals surface area contributed by atoms with Gasteiger partial charge in [0, 0.05) is 25.3 Å². The summed E-state index contributed by atoms with van der Waals surface area (Å²) in [5.41, 5.74) is 1.82. The van der Waals surface area contributed by atoms with Gasteiger partial charge >= 0.3 is 5.97 Å². The van der Waals surface area contributed by atoms with Crippen LogP contribution in [-0.2, 0) is 9.53 Å². The van der Waals surface area contributed by atoms with Crippen LogP contribution < -0.4 is 15.4 Å². The van der Waals surface area contributed by atoms with E-state index in [1.807, 2.05) is 13.8 Å². The fourth-order valence-electron chi connectivity index (χ4n) is 2.64. The van der Waals surface area contributed by atoms with E-state index in [-0.39, 0.29) is 24.5 Å². The number of methoxy groups -OCH3 is 1. The molecule has 2 aromatic carbocycles. The van der Waals surface area contributed by atoms with Crippen LogP contribution in [-0.4, -0.2) is 56.5 Å². The van der Waals surface area contributed by atoms with Crippen LogP contribution in [0, 0.1) is 0 Å². The molecule has 0 radical (unpaired) electrons. The van der Waals surface area contributed by atoms with E-state index in [4.69, 9.17) is 9.47 Å². The highest BCUT2D eigenvalue weighted by Crippen LogP contribution is 2.27. The number of nitrogens with zero attached hydrogens (tertiary/aromatic N) is 1. The third-order valence-electron chi connectivity index (χ3n) is 4.00. The first-order valence-electron chi connectivity index (χ1n) is 9.45. The predicted octanol–water partition coefficient (Wildman–Crippen LogP) is 3.01. The molecule has 0 heterocycles. The molecular weight excluding hydrogens is 386 g/mol. The standard InChI is InChI=1S/C22H27N3O5/c1-14(2)30-19-10-9-16(22(28)29-5)12-18(19)23-13-20(26)24-17-8-6-7-15(11-17)21(27)25(3)4/h6-12,14,23H,13H2,1-5H3,(H,24,26). The number of hydrogen-bond acceptors (Lipinski definition) is 6. The van der Waals surface area contributed by atoms with E-state index in [1.54, 1.807) is 56.6 Å². The number of hydrogen-bond donors (Lipinski definition) is 2. The molecule has 0 atom stereocenters. The van der Waals surface area contributed by atoms with Gasteiger partial charge in [0.2, 0.25) is 5.91 Å². The molecule has 8 heteroatoms. The Morgan fingerprint density at radius 2 is 1.77 bits per heavy atom. The number of nitrogens with one attached hydrogen (secondary N) is 2. The van der Waals surface area contributed by atoms with Gasteiger partial charge in [-0.2, -0.15) is 0 Å². The number of amides is 2. The second-order valence-electron chi connectivity index (χ2n) is 7.05. The maximum Gasteiger partial charge on any atom is 0.337 e. The van der Waals surface area contributed by atoms with Gasteiger partial charge in [-0.3, -0.25) is 9.59 Å². The van der Waals surface area contributed by atoms with Gasteiger partial charge in [-0.1, -0.05) is 6.07 Å². The predicted molar refractivity (Wildman–Crippen MR) is 115 cm³/mol. The molecule has 0 aliphatic heterocycles. The molecule has 2 amide bonds. The SMILES string of the molecule is COC(=O)c1ccc(OC(C)C)c(NCC(=O)Nc2cccc(C(=O)N(C)C)c2)c1. The number of carbonyl (C=O) groups excluding carboxylic acids is 3. The maximum absolute atomic E-state index is 12.4. The molecule has 8 nitrogen and oxygen atoms in total. The van der Waals surface area contributed by atoms with Gasteiger partial charge < -0.3 is 25.0 Å². The number of ether oxygens (including phenoxy) is 2. The van der Waals surface area contributed by atoms with Crippen molar-refractivity contribution in [1.82, 2.24) is 4.90 Å². The lowest BCUT2D eigenvalue weighted by molar-refractivity contribution is -0.114. The largest absolute Gasteiger partial charge is 0.489 e. The van der Waals surface area contributed by atoms with Crippen LogP contribution in [0.5, 0.6) is 5.75 Å². The molecule has 2 N–H and O–H groups in total. The summed E-state index contributed by atoms with van der Waals surface area (Å²) in [6.45, 7) is 3.70. The molecule has 2 aromatic rings. The van der Waals surface area contributed by atoms with Gasteiger partial charge in [0.15, 0.2) is 0 Å². The second-order valence-corrected chi connectivity index (χ2v) is 7.05. The number of esters is 1. The van der Waals surface area contributed by atoms with Gasteiger partial charge in [-0.05, 0) is 50.2 Å². The van der Waals surface area contributed by atoms with Crippen molar-refractivity contribution in [2.24, 2.45) is 0 Å². The second kappa shape index (κ2) is 10.3. The van der Waals surface area contributed by atoms with E-state index in [1.165, 1.54) is 12.0 Å². The smallest absolute Gasteiger partial charge is 0.337 e. The highest BCUT2D eigenvalue weighted by atomic mass is 16.5. The Kier molecular flexibility index (Phi) is 7.80. The minimum atomic E-state index is -0.485. The highest BCUT2D eigenvalue weighted by molar-refractivity contribution is 5.98. The van der Waals surface area contributed by atoms with Crippen LogP contribution in [0.15, 0.2) is 42.5 Å². The fraction of sp³-hybridized carbons (Fsp3) is 0.318. The molecule has 0 spiro atoms.